The standard InChI is InChI=1S/C54H36N2OS/c1-4-15-37(16-5-1)38-27-29-42(30-28-38)55(40-17-6-2-7-18-40)44-33-39(46-23-14-25-51-54(46)48-22-10-12-24-50(48)57-51)34-45(35-44)56(41-19-8-3-9-20-41)43-31-32-53-49(36-43)47-21-11-13-26-52(47)58-53/h1-36H. The van der Waals surface area contributed by atoms with Crippen molar-refractivity contribution in [2.45, 2.75) is 0 Å². The van der Waals surface area contributed by atoms with Gasteiger partial charge in [-0.15, -0.1) is 11.3 Å². The maximum absolute atomic E-state index is 6.44. The Kier molecular flexibility index (Phi) is 8.34. The van der Waals surface area contributed by atoms with Gasteiger partial charge in [0.05, 0.1) is 0 Å². The normalized spacial score (nSPS) is 11.4. The maximum Gasteiger partial charge on any atom is 0.136 e. The number of hydrogen-bond acceptors (Lipinski definition) is 4. The van der Waals surface area contributed by atoms with E-state index in [9.17, 15) is 0 Å². The zero-order valence-electron chi connectivity index (χ0n) is 31.5. The molecule has 2 aromatic heterocycles. The van der Waals surface area contributed by atoms with E-state index in [-0.39, 0.29) is 0 Å². The van der Waals surface area contributed by atoms with Gasteiger partial charge in [0.1, 0.15) is 11.2 Å². The van der Waals surface area contributed by atoms with E-state index in [1.54, 1.807) is 0 Å². The molecular weight excluding hydrogens is 725 g/mol. The Morgan fingerprint density at radius 1 is 0.310 bits per heavy atom. The van der Waals surface area contributed by atoms with E-state index in [4.69, 9.17) is 4.42 Å². The number of para-hydroxylation sites is 3. The molecule has 3 nitrogen and oxygen atoms in total. The van der Waals surface area contributed by atoms with E-state index < -0.39 is 0 Å². The third-order valence-electron chi connectivity index (χ3n) is 11.0. The van der Waals surface area contributed by atoms with Crippen LogP contribution in [0.4, 0.5) is 34.1 Å². The first-order chi connectivity index (χ1) is 28.7. The van der Waals surface area contributed by atoms with E-state index in [0.717, 1.165) is 67.2 Å². The molecule has 0 atom stereocenters. The molecule has 0 spiro atoms. The van der Waals surface area contributed by atoms with Gasteiger partial charge in [0.15, 0.2) is 0 Å². The van der Waals surface area contributed by atoms with Crippen LogP contribution in [0.5, 0.6) is 0 Å². The third kappa shape index (κ3) is 5.99. The summed E-state index contributed by atoms with van der Waals surface area (Å²) >= 11 is 1.84. The van der Waals surface area contributed by atoms with Crippen LogP contribution in [0.15, 0.2) is 223 Å². The van der Waals surface area contributed by atoms with Crippen LogP contribution in [0.2, 0.25) is 0 Å². The SMILES string of the molecule is c1ccc(-c2ccc(N(c3ccccc3)c3cc(-c4cccc5oc6ccccc6c45)cc(N(c4ccccc4)c4ccc5sc6ccccc6c5c4)c3)cc2)cc1. The predicted molar refractivity (Wildman–Crippen MR) is 247 cm³/mol. The summed E-state index contributed by atoms with van der Waals surface area (Å²) in [6.07, 6.45) is 0. The van der Waals surface area contributed by atoms with Crippen LogP contribution in [-0.4, -0.2) is 0 Å². The molecule has 4 heteroatoms. The van der Waals surface area contributed by atoms with E-state index in [0.29, 0.717) is 0 Å². The predicted octanol–water partition coefficient (Wildman–Crippen LogP) is 16.2. The van der Waals surface area contributed by atoms with Gasteiger partial charge in [0, 0.05) is 65.1 Å². The molecule has 0 bridgehead atoms. The number of furan rings is 1. The van der Waals surface area contributed by atoms with Crippen LogP contribution in [0.3, 0.4) is 0 Å². The molecule has 2 heterocycles. The zero-order chi connectivity index (χ0) is 38.4. The molecule has 11 rings (SSSR count). The first-order valence-corrected chi connectivity index (χ1v) is 20.4. The van der Waals surface area contributed by atoms with Gasteiger partial charge in [0.25, 0.3) is 0 Å². The van der Waals surface area contributed by atoms with Crippen LogP contribution in [-0.2, 0) is 0 Å². The Labute approximate surface area is 340 Å². The Morgan fingerprint density at radius 2 is 0.845 bits per heavy atom. The molecule has 58 heavy (non-hydrogen) atoms. The molecule has 0 radical (unpaired) electrons. The quantitative estimate of drug-likeness (QED) is 0.154. The van der Waals surface area contributed by atoms with Crippen LogP contribution < -0.4 is 9.80 Å². The number of hydrogen-bond donors (Lipinski definition) is 0. The molecule has 0 unspecified atom stereocenters. The number of benzene rings is 9. The second-order valence-corrected chi connectivity index (χ2v) is 15.6. The van der Waals surface area contributed by atoms with E-state index >= 15 is 0 Å². The molecule has 0 saturated heterocycles. The highest BCUT2D eigenvalue weighted by Crippen LogP contribution is 2.46. The van der Waals surface area contributed by atoms with E-state index in [1.165, 1.54) is 31.3 Å². The summed E-state index contributed by atoms with van der Waals surface area (Å²) in [7, 11) is 0. The number of thiophene rings is 1. The summed E-state index contributed by atoms with van der Waals surface area (Å²) in [5.74, 6) is 0. The van der Waals surface area contributed by atoms with E-state index in [2.05, 4.69) is 222 Å². The largest absolute Gasteiger partial charge is 0.456 e. The maximum atomic E-state index is 6.44. The molecule has 274 valence electrons. The molecule has 0 saturated carbocycles. The molecule has 11 aromatic rings. The summed E-state index contributed by atoms with van der Waals surface area (Å²) in [6, 6.07) is 78.2. The molecule has 9 aromatic carbocycles. The second-order valence-electron chi connectivity index (χ2n) is 14.5. The number of rotatable bonds is 8. The van der Waals surface area contributed by atoms with Crippen molar-refractivity contribution in [3.8, 4) is 22.3 Å². The van der Waals surface area contributed by atoms with Crippen LogP contribution >= 0.6 is 11.3 Å². The molecular formula is C54H36N2OS. The first-order valence-electron chi connectivity index (χ1n) is 19.6. The van der Waals surface area contributed by atoms with Crippen molar-refractivity contribution < 1.29 is 4.42 Å². The topological polar surface area (TPSA) is 19.6 Å². The monoisotopic (exact) mass is 760 g/mol. The Bertz CT molecular complexity index is 3220. The lowest BCUT2D eigenvalue weighted by Crippen LogP contribution is -2.13. The number of fused-ring (bicyclic) bond motifs is 6. The van der Waals surface area contributed by atoms with Gasteiger partial charge in [-0.05, 0) is 113 Å². The lowest BCUT2D eigenvalue weighted by molar-refractivity contribution is 0.669. The lowest BCUT2D eigenvalue weighted by Gasteiger charge is -2.30. The summed E-state index contributed by atoms with van der Waals surface area (Å²) in [4.78, 5) is 4.77. The highest BCUT2D eigenvalue weighted by atomic mass is 32.1. The summed E-state index contributed by atoms with van der Waals surface area (Å²) in [6.45, 7) is 0. The average Bonchev–Trinajstić information content (AvgIpc) is 3.86. The smallest absolute Gasteiger partial charge is 0.136 e. The highest BCUT2D eigenvalue weighted by Gasteiger charge is 2.22. The van der Waals surface area contributed by atoms with Crippen molar-refractivity contribution in [3.05, 3.63) is 218 Å². The summed E-state index contributed by atoms with van der Waals surface area (Å²) in [5.41, 5.74) is 12.7. The van der Waals surface area contributed by atoms with Crippen molar-refractivity contribution in [2.75, 3.05) is 9.80 Å². The third-order valence-corrected chi connectivity index (χ3v) is 12.2. The molecule has 0 aliphatic rings. The lowest BCUT2D eigenvalue weighted by atomic mass is 9.97. The van der Waals surface area contributed by atoms with E-state index in [1.807, 2.05) is 17.4 Å². The Hall–Kier alpha value is -7.40. The van der Waals surface area contributed by atoms with Gasteiger partial charge in [-0.2, -0.15) is 0 Å². The van der Waals surface area contributed by atoms with Crippen molar-refractivity contribution in [2.24, 2.45) is 0 Å². The molecule has 0 aliphatic heterocycles. The van der Waals surface area contributed by atoms with Gasteiger partial charge in [-0.3, -0.25) is 0 Å². The van der Waals surface area contributed by atoms with Crippen LogP contribution in [0.25, 0.3) is 64.4 Å². The van der Waals surface area contributed by atoms with Gasteiger partial charge >= 0.3 is 0 Å². The van der Waals surface area contributed by atoms with Gasteiger partial charge < -0.3 is 14.2 Å². The Morgan fingerprint density at radius 3 is 1.57 bits per heavy atom. The minimum absolute atomic E-state index is 0.872. The fourth-order valence-electron chi connectivity index (χ4n) is 8.36. The minimum Gasteiger partial charge on any atom is -0.456 e. The molecule has 0 fully saturated rings. The second kappa shape index (κ2) is 14.3. The van der Waals surface area contributed by atoms with Gasteiger partial charge in [-0.25, -0.2) is 0 Å². The molecule has 0 N–H and O–H groups in total. The molecule has 0 aliphatic carbocycles. The molecule has 0 amide bonds. The summed E-state index contributed by atoms with van der Waals surface area (Å²) in [5, 5.41) is 4.75. The Balaban J connectivity index is 1.18. The zero-order valence-corrected chi connectivity index (χ0v) is 32.3. The van der Waals surface area contributed by atoms with Gasteiger partial charge in [0.2, 0.25) is 0 Å². The van der Waals surface area contributed by atoms with Crippen molar-refractivity contribution in [1.29, 1.82) is 0 Å². The number of anilines is 6. The fraction of sp³-hybridized carbons (Fsp3) is 0. The summed E-state index contributed by atoms with van der Waals surface area (Å²) < 4.78 is 9.02. The van der Waals surface area contributed by atoms with Crippen LogP contribution in [0.1, 0.15) is 0 Å². The minimum atomic E-state index is 0.872. The van der Waals surface area contributed by atoms with Crippen LogP contribution in [0, 0.1) is 0 Å². The van der Waals surface area contributed by atoms with Crippen molar-refractivity contribution in [1.82, 2.24) is 0 Å². The first kappa shape index (κ1) is 33.9. The van der Waals surface area contributed by atoms with Crippen molar-refractivity contribution >= 4 is 87.6 Å². The average molecular weight is 761 g/mol. The number of nitrogens with zero attached hydrogens (tertiary/aromatic N) is 2. The van der Waals surface area contributed by atoms with Gasteiger partial charge in [-0.1, -0.05) is 127 Å². The van der Waals surface area contributed by atoms with Crippen molar-refractivity contribution in [3.63, 3.8) is 0 Å². The highest BCUT2D eigenvalue weighted by molar-refractivity contribution is 7.25. The fourth-order valence-corrected chi connectivity index (χ4v) is 9.45.